The lowest BCUT2D eigenvalue weighted by atomic mass is 9.91. The first kappa shape index (κ1) is 16.9. The highest BCUT2D eigenvalue weighted by Crippen LogP contribution is 2.23. The van der Waals surface area contributed by atoms with Crippen molar-refractivity contribution in [1.82, 2.24) is 14.5 Å². The molecule has 3 rings (SSSR count). The van der Waals surface area contributed by atoms with E-state index in [4.69, 9.17) is 12.2 Å². The first-order valence-corrected chi connectivity index (χ1v) is 8.87. The molecule has 0 saturated carbocycles. The Kier molecular flexibility index (Phi) is 4.58. The van der Waals surface area contributed by atoms with Crippen LogP contribution in [0.2, 0.25) is 0 Å². The van der Waals surface area contributed by atoms with E-state index in [1.807, 2.05) is 11.8 Å². The lowest BCUT2D eigenvalue weighted by molar-refractivity contribution is 0.0623. The maximum absolute atomic E-state index is 12.8. The number of fused-ring (bicyclic) bond motifs is 1. The van der Waals surface area contributed by atoms with Crippen LogP contribution in [-0.2, 0) is 6.54 Å². The molecule has 0 bridgehead atoms. The van der Waals surface area contributed by atoms with E-state index in [1.165, 1.54) is 4.57 Å². The van der Waals surface area contributed by atoms with E-state index in [0.717, 1.165) is 19.5 Å². The van der Waals surface area contributed by atoms with Crippen LogP contribution in [0.5, 0.6) is 0 Å². The summed E-state index contributed by atoms with van der Waals surface area (Å²) in [7, 11) is 0. The van der Waals surface area contributed by atoms with Crippen molar-refractivity contribution in [3.8, 4) is 0 Å². The van der Waals surface area contributed by atoms with Crippen molar-refractivity contribution < 1.29 is 4.79 Å². The van der Waals surface area contributed by atoms with Crippen molar-refractivity contribution in [2.24, 2.45) is 11.8 Å². The van der Waals surface area contributed by atoms with Gasteiger partial charge >= 0.3 is 0 Å². The molecule has 1 amide bonds. The maximum atomic E-state index is 12.8. The molecule has 2 heterocycles. The first-order chi connectivity index (χ1) is 11.4. The number of likely N-dealkylation sites (tertiary alicyclic amines) is 1. The summed E-state index contributed by atoms with van der Waals surface area (Å²) < 4.78 is 1.91. The van der Waals surface area contributed by atoms with E-state index < -0.39 is 0 Å². The largest absolute Gasteiger partial charge is 0.338 e. The number of carbonyl (C=O) groups excluding carboxylic acids is 1. The minimum absolute atomic E-state index is 0.0225. The summed E-state index contributed by atoms with van der Waals surface area (Å²) in [5, 5.41) is 0.558. The molecule has 1 aromatic carbocycles. The molecule has 1 fully saturated rings. The standard InChI is InChI=1S/C18H23N3O2S/c1-4-21-17(23)14-6-5-13(8-15(14)19-18(21)24)16(22)20-9-11(2)7-12(3)10-20/h5-6,8,11-12H,4,7,9-10H2,1-3H3,(H,19,24)/t11-,12-/m1/s1. The van der Waals surface area contributed by atoms with Gasteiger partial charge in [-0.1, -0.05) is 13.8 Å². The van der Waals surface area contributed by atoms with E-state index in [-0.39, 0.29) is 11.5 Å². The third-order valence-electron chi connectivity index (χ3n) is 4.70. The number of H-pyrrole nitrogens is 1. The first-order valence-electron chi connectivity index (χ1n) is 8.46. The number of piperidine rings is 1. The number of aromatic nitrogens is 2. The summed E-state index contributed by atoms with van der Waals surface area (Å²) in [6.07, 6.45) is 1.16. The molecular weight excluding hydrogens is 322 g/mol. The molecule has 0 unspecified atom stereocenters. The Hall–Kier alpha value is -1.95. The van der Waals surface area contributed by atoms with Gasteiger partial charge in [-0.2, -0.15) is 0 Å². The van der Waals surface area contributed by atoms with Gasteiger partial charge in [-0.15, -0.1) is 0 Å². The van der Waals surface area contributed by atoms with Crippen molar-refractivity contribution in [2.75, 3.05) is 13.1 Å². The molecule has 24 heavy (non-hydrogen) atoms. The van der Waals surface area contributed by atoms with Gasteiger partial charge in [0, 0.05) is 25.2 Å². The van der Waals surface area contributed by atoms with Crippen LogP contribution in [0, 0.1) is 16.6 Å². The smallest absolute Gasteiger partial charge is 0.262 e. The fourth-order valence-electron chi connectivity index (χ4n) is 3.69. The molecule has 128 valence electrons. The Morgan fingerprint density at radius 3 is 2.58 bits per heavy atom. The third kappa shape index (κ3) is 3.02. The fourth-order valence-corrected chi connectivity index (χ4v) is 4.01. The highest BCUT2D eigenvalue weighted by atomic mass is 32.1. The van der Waals surface area contributed by atoms with Gasteiger partial charge in [-0.3, -0.25) is 14.2 Å². The van der Waals surface area contributed by atoms with Crippen LogP contribution < -0.4 is 5.56 Å². The van der Waals surface area contributed by atoms with Crippen LogP contribution in [-0.4, -0.2) is 33.4 Å². The van der Waals surface area contributed by atoms with E-state index in [1.54, 1.807) is 18.2 Å². The molecule has 0 spiro atoms. The van der Waals surface area contributed by atoms with Crippen LogP contribution in [0.4, 0.5) is 0 Å². The average molecular weight is 345 g/mol. The topological polar surface area (TPSA) is 58.1 Å². The second kappa shape index (κ2) is 6.51. The van der Waals surface area contributed by atoms with Gasteiger partial charge in [0.15, 0.2) is 4.77 Å². The van der Waals surface area contributed by atoms with Crippen LogP contribution in [0.3, 0.4) is 0 Å². The van der Waals surface area contributed by atoms with Crippen molar-refractivity contribution in [3.63, 3.8) is 0 Å². The lowest BCUT2D eigenvalue weighted by Crippen LogP contribution is -2.42. The molecule has 1 aliphatic heterocycles. The van der Waals surface area contributed by atoms with Crippen molar-refractivity contribution >= 4 is 29.0 Å². The third-order valence-corrected chi connectivity index (χ3v) is 5.02. The molecule has 2 atom stereocenters. The summed E-state index contributed by atoms with van der Waals surface area (Å²) in [5.41, 5.74) is 1.11. The molecule has 0 radical (unpaired) electrons. The zero-order valence-corrected chi connectivity index (χ0v) is 15.2. The Morgan fingerprint density at radius 2 is 1.96 bits per heavy atom. The van der Waals surface area contributed by atoms with E-state index in [0.29, 0.717) is 39.6 Å². The molecule has 1 aromatic heterocycles. The van der Waals surface area contributed by atoms with E-state index >= 15 is 0 Å². The van der Waals surface area contributed by atoms with Gasteiger partial charge in [0.25, 0.3) is 11.5 Å². The van der Waals surface area contributed by atoms with Gasteiger partial charge in [0.1, 0.15) is 0 Å². The maximum Gasteiger partial charge on any atom is 0.262 e. The summed E-state index contributed by atoms with van der Waals surface area (Å²) in [4.78, 5) is 30.3. The number of nitrogens with one attached hydrogen (secondary N) is 1. The zero-order chi connectivity index (χ0) is 17.4. The summed E-state index contributed by atoms with van der Waals surface area (Å²) in [6.45, 7) is 8.34. The number of nitrogens with zero attached hydrogens (tertiary/aromatic N) is 2. The highest BCUT2D eigenvalue weighted by Gasteiger charge is 2.26. The second-order valence-corrected chi connectivity index (χ2v) is 7.28. The number of rotatable bonds is 2. The summed E-state index contributed by atoms with van der Waals surface area (Å²) in [6, 6.07) is 5.21. The Balaban J connectivity index is 2.00. The van der Waals surface area contributed by atoms with Crippen molar-refractivity contribution in [2.45, 2.75) is 33.7 Å². The Morgan fingerprint density at radius 1 is 1.29 bits per heavy atom. The van der Waals surface area contributed by atoms with Gasteiger partial charge in [0.05, 0.1) is 10.9 Å². The summed E-state index contributed by atoms with van der Waals surface area (Å²) >= 11 is 5.24. The fraction of sp³-hybridized carbons (Fsp3) is 0.500. The van der Waals surface area contributed by atoms with E-state index in [9.17, 15) is 9.59 Å². The number of hydrogen-bond donors (Lipinski definition) is 1. The Labute approximate surface area is 146 Å². The SMILES string of the molecule is CCn1c(=S)[nH]c2cc(C(=O)N3C[C@H](C)C[C@@H](C)C3)ccc2c1=O. The predicted octanol–water partition coefficient (Wildman–Crippen LogP) is 3.20. The second-order valence-electron chi connectivity index (χ2n) is 6.90. The zero-order valence-electron chi connectivity index (χ0n) is 14.3. The summed E-state index contributed by atoms with van der Waals surface area (Å²) in [5.74, 6) is 1.05. The highest BCUT2D eigenvalue weighted by molar-refractivity contribution is 7.71. The van der Waals surface area contributed by atoms with Gasteiger partial charge in [0.2, 0.25) is 0 Å². The van der Waals surface area contributed by atoms with Gasteiger partial charge < -0.3 is 9.88 Å². The molecule has 0 aliphatic carbocycles. The predicted molar refractivity (Wildman–Crippen MR) is 97.9 cm³/mol. The van der Waals surface area contributed by atoms with Crippen molar-refractivity contribution in [1.29, 1.82) is 0 Å². The van der Waals surface area contributed by atoms with E-state index in [2.05, 4.69) is 18.8 Å². The number of aromatic amines is 1. The quantitative estimate of drug-likeness (QED) is 0.851. The number of amides is 1. The minimum atomic E-state index is -0.115. The van der Waals surface area contributed by atoms with Crippen LogP contribution in [0.1, 0.15) is 37.6 Å². The van der Waals surface area contributed by atoms with Crippen LogP contribution in [0.25, 0.3) is 10.9 Å². The van der Waals surface area contributed by atoms with Gasteiger partial charge in [-0.05, 0) is 55.6 Å². The minimum Gasteiger partial charge on any atom is -0.338 e. The monoisotopic (exact) mass is 345 g/mol. The molecule has 1 aliphatic rings. The number of carbonyl (C=O) groups is 1. The molecule has 1 saturated heterocycles. The molecule has 2 aromatic rings. The lowest BCUT2D eigenvalue weighted by Gasteiger charge is -2.35. The van der Waals surface area contributed by atoms with Gasteiger partial charge in [-0.25, -0.2) is 0 Å². The van der Waals surface area contributed by atoms with Crippen LogP contribution in [0.15, 0.2) is 23.0 Å². The average Bonchev–Trinajstić information content (AvgIpc) is 2.53. The molecule has 5 nitrogen and oxygen atoms in total. The Bertz CT molecular complexity index is 889. The van der Waals surface area contributed by atoms with Crippen molar-refractivity contribution in [3.05, 3.63) is 38.9 Å². The molecular formula is C18H23N3O2S. The number of benzene rings is 1. The van der Waals surface area contributed by atoms with Crippen LogP contribution >= 0.6 is 12.2 Å². The molecule has 1 N–H and O–H groups in total. The normalized spacial score (nSPS) is 21.2. The molecule has 6 heteroatoms. The number of hydrogen-bond acceptors (Lipinski definition) is 3.